The first-order chi connectivity index (χ1) is 9.38. The second-order valence-corrected chi connectivity index (χ2v) is 5.02. The molecule has 104 valence electrons. The molecule has 0 fully saturated rings. The van der Waals surface area contributed by atoms with Gasteiger partial charge < -0.3 is 11.1 Å². The van der Waals surface area contributed by atoms with Gasteiger partial charge in [-0.05, 0) is 49.2 Å². The number of nitrogens with one attached hydrogen (secondary N) is 1. The minimum atomic E-state index is -0.574. The highest BCUT2D eigenvalue weighted by molar-refractivity contribution is 6.31. The average Bonchev–Trinajstić information content (AvgIpc) is 2.38. The molecule has 0 heterocycles. The fourth-order valence-corrected chi connectivity index (χ4v) is 2.01. The summed E-state index contributed by atoms with van der Waals surface area (Å²) in [5.74, 6) is -1.13. The van der Waals surface area contributed by atoms with Crippen molar-refractivity contribution in [1.29, 1.82) is 0 Å². The topological polar surface area (TPSA) is 55.1 Å². The van der Waals surface area contributed by atoms with Gasteiger partial charge in [0.15, 0.2) is 0 Å². The molecule has 0 aliphatic heterocycles. The maximum Gasteiger partial charge on any atom is 0.258 e. The number of amides is 1. The molecule has 0 aliphatic rings. The molecule has 3 nitrogen and oxygen atoms in total. The normalized spacial score (nSPS) is 10.4. The second kappa shape index (κ2) is 5.51. The summed E-state index contributed by atoms with van der Waals surface area (Å²) < 4.78 is 13.9. The molecule has 0 aliphatic carbocycles. The molecule has 0 unspecified atom stereocenters. The predicted molar refractivity (Wildman–Crippen MR) is 79.7 cm³/mol. The van der Waals surface area contributed by atoms with E-state index in [9.17, 15) is 9.18 Å². The highest BCUT2D eigenvalue weighted by Crippen LogP contribution is 2.22. The van der Waals surface area contributed by atoms with Crippen molar-refractivity contribution >= 4 is 28.9 Å². The maximum absolute atomic E-state index is 13.9. The molecule has 0 saturated heterocycles. The van der Waals surface area contributed by atoms with Crippen LogP contribution in [0.4, 0.5) is 15.8 Å². The molecule has 0 radical (unpaired) electrons. The maximum atomic E-state index is 13.9. The number of carbonyl (C=O) groups excluding carboxylic acids is 1. The van der Waals surface area contributed by atoms with Gasteiger partial charge in [0, 0.05) is 16.4 Å². The van der Waals surface area contributed by atoms with Gasteiger partial charge in [0.2, 0.25) is 0 Å². The second-order valence-electron chi connectivity index (χ2n) is 4.62. The minimum Gasteiger partial charge on any atom is -0.399 e. The largest absolute Gasteiger partial charge is 0.399 e. The molecule has 0 bridgehead atoms. The molecule has 0 atom stereocenters. The van der Waals surface area contributed by atoms with Crippen LogP contribution in [0.3, 0.4) is 0 Å². The zero-order valence-corrected chi connectivity index (χ0v) is 11.9. The predicted octanol–water partition coefficient (Wildman–Crippen LogP) is 3.93. The molecule has 0 aromatic heterocycles. The van der Waals surface area contributed by atoms with E-state index in [4.69, 9.17) is 17.3 Å². The van der Waals surface area contributed by atoms with E-state index in [0.29, 0.717) is 22.0 Å². The van der Waals surface area contributed by atoms with Crippen LogP contribution in [0.2, 0.25) is 5.02 Å². The lowest BCUT2D eigenvalue weighted by Crippen LogP contribution is -2.15. The fraction of sp³-hybridized carbons (Fsp3) is 0.133. The van der Waals surface area contributed by atoms with E-state index in [2.05, 4.69) is 5.32 Å². The number of hydrogen-bond donors (Lipinski definition) is 2. The number of nitrogens with two attached hydrogens (primary N) is 1. The number of halogens is 2. The first-order valence-corrected chi connectivity index (χ1v) is 6.39. The van der Waals surface area contributed by atoms with Crippen molar-refractivity contribution in [3.05, 3.63) is 57.9 Å². The molecule has 1 amide bonds. The van der Waals surface area contributed by atoms with Gasteiger partial charge in [-0.25, -0.2) is 4.39 Å². The van der Waals surface area contributed by atoms with Crippen LogP contribution >= 0.6 is 11.6 Å². The molecular formula is C15H14ClFN2O. The Morgan fingerprint density at radius 1 is 1.20 bits per heavy atom. The van der Waals surface area contributed by atoms with Crippen molar-refractivity contribution in [2.75, 3.05) is 11.1 Å². The van der Waals surface area contributed by atoms with Crippen LogP contribution in [0.1, 0.15) is 21.5 Å². The Hall–Kier alpha value is -2.07. The summed E-state index contributed by atoms with van der Waals surface area (Å²) in [7, 11) is 0. The van der Waals surface area contributed by atoms with E-state index in [1.54, 1.807) is 25.1 Å². The minimum absolute atomic E-state index is 0.0841. The van der Waals surface area contributed by atoms with Crippen molar-refractivity contribution in [1.82, 2.24) is 0 Å². The van der Waals surface area contributed by atoms with Gasteiger partial charge in [0.25, 0.3) is 5.91 Å². The van der Waals surface area contributed by atoms with Gasteiger partial charge in [-0.3, -0.25) is 4.79 Å². The standard InChI is InChI=1S/C15H14ClFN2O/c1-8-3-4-11(7-13(8)16)19-15(20)12-6-10(18)5-9(2)14(12)17/h3-7H,18H2,1-2H3,(H,19,20). The average molecular weight is 293 g/mol. The number of rotatable bonds is 2. The Morgan fingerprint density at radius 3 is 2.55 bits per heavy atom. The molecule has 3 N–H and O–H groups in total. The summed E-state index contributed by atoms with van der Waals surface area (Å²) in [6.07, 6.45) is 0. The van der Waals surface area contributed by atoms with E-state index >= 15 is 0 Å². The Bertz CT molecular complexity index is 686. The number of carbonyl (C=O) groups is 1. The first-order valence-electron chi connectivity index (χ1n) is 6.01. The van der Waals surface area contributed by atoms with E-state index in [-0.39, 0.29) is 5.56 Å². The third-order valence-electron chi connectivity index (χ3n) is 2.95. The van der Waals surface area contributed by atoms with Crippen LogP contribution in [-0.2, 0) is 0 Å². The van der Waals surface area contributed by atoms with Gasteiger partial charge in [0.05, 0.1) is 5.56 Å². The van der Waals surface area contributed by atoms with Crippen LogP contribution in [0.5, 0.6) is 0 Å². The van der Waals surface area contributed by atoms with Crippen molar-refractivity contribution in [3.8, 4) is 0 Å². The summed E-state index contributed by atoms with van der Waals surface area (Å²) in [6, 6.07) is 7.89. The summed E-state index contributed by atoms with van der Waals surface area (Å²) in [6.45, 7) is 3.42. The lowest BCUT2D eigenvalue weighted by molar-refractivity contribution is 0.102. The molecule has 2 aromatic carbocycles. The molecular weight excluding hydrogens is 279 g/mol. The van der Waals surface area contributed by atoms with E-state index in [1.807, 2.05) is 6.92 Å². The van der Waals surface area contributed by atoms with Gasteiger partial charge in [-0.15, -0.1) is 0 Å². The van der Waals surface area contributed by atoms with Crippen LogP contribution < -0.4 is 11.1 Å². The third-order valence-corrected chi connectivity index (χ3v) is 3.36. The van der Waals surface area contributed by atoms with E-state index in [1.165, 1.54) is 12.1 Å². The van der Waals surface area contributed by atoms with Crippen molar-refractivity contribution in [2.45, 2.75) is 13.8 Å². The zero-order valence-electron chi connectivity index (χ0n) is 11.1. The van der Waals surface area contributed by atoms with Crippen LogP contribution in [0, 0.1) is 19.7 Å². The Labute approximate surface area is 121 Å². The fourth-order valence-electron chi connectivity index (χ4n) is 1.83. The SMILES string of the molecule is Cc1ccc(NC(=O)c2cc(N)cc(C)c2F)cc1Cl. The Morgan fingerprint density at radius 2 is 1.90 bits per heavy atom. The van der Waals surface area contributed by atoms with Crippen LogP contribution in [0.15, 0.2) is 30.3 Å². The highest BCUT2D eigenvalue weighted by Gasteiger charge is 2.15. The van der Waals surface area contributed by atoms with Crippen LogP contribution in [-0.4, -0.2) is 5.91 Å². The monoisotopic (exact) mass is 292 g/mol. The molecule has 0 spiro atoms. The molecule has 2 rings (SSSR count). The lowest BCUT2D eigenvalue weighted by Gasteiger charge is -2.09. The summed E-state index contributed by atoms with van der Waals surface area (Å²) in [5, 5.41) is 3.14. The first kappa shape index (κ1) is 14.3. The molecule has 0 saturated carbocycles. The van der Waals surface area contributed by atoms with Gasteiger partial charge >= 0.3 is 0 Å². The third kappa shape index (κ3) is 2.91. The number of benzene rings is 2. The summed E-state index contributed by atoms with van der Waals surface area (Å²) in [4.78, 5) is 12.1. The van der Waals surface area contributed by atoms with Crippen molar-refractivity contribution in [3.63, 3.8) is 0 Å². The molecule has 2 aromatic rings. The van der Waals surface area contributed by atoms with E-state index < -0.39 is 11.7 Å². The van der Waals surface area contributed by atoms with Gasteiger partial charge in [-0.2, -0.15) is 0 Å². The number of hydrogen-bond acceptors (Lipinski definition) is 2. The Kier molecular flexibility index (Phi) is 3.95. The van der Waals surface area contributed by atoms with Gasteiger partial charge in [-0.1, -0.05) is 17.7 Å². The zero-order chi connectivity index (χ0) is 14.9. The number of anilines is 2. The molecule has 20 heavy (non-hydrogen) atoms. The summed E-state index contributed by atoms with van der Waals surface area (Å²) in [5.41, 5.74) is 7.63. The quantitative estimate of drug-likeness (QED) is 0.824. The van der Waals surface area contributed by atoms with Crippen LogP contribution in [0.25, 0.3) is 0 Å². The smallest absolute Gasteiger partial charge is 0.258 e. The number of nitrogen functional groups attached to an aromatic ring is 1. The molecule has 5 heteroatoms. The van der Waals surface area contributed by atoms with Crippen molar-refractivity contribution in [2.24, 2.45) is 0 Å². The highest BCUT2D eigenvalue weighted by atomic mass is 35.5. The lowest BCUT2D eigenvalue weighted by atomic mass is 10.1. The Balaban J connectivity index is 2.30. The number of aryl methyl sites for hydroxylation is 2. The van der Waals surface area contributed by atoms with Crippen molar-refractivity contribution < 1.29 is 9.18 Å². The van der Waals surface area contributed by atoms with Gasteiger partial charge in [0.1, 0.15) is 5.82 Å². The van der Waals surface area contributed by atoms with E-state index in [0.717, 1.165) is 5.56 Å². The summed E-state index contributed by atoms with van der Waals surface area (Å²) >= 11 is 5.98.